The third kappa shape index (κ3) is 4.86. The fraction of sp³-hybridized carbons (Fsp3) is 0.320. The first-order chi connectivity index (χ1) is 17.1. The number of nitrogens with zero attached hydrogens (tertiary/aromatic N) is 2. The van der Waals surface area contributed by atoms with Crippen LogP contribution in [0.15, 0.2) is 40.9 Å². The molecule has 0 radical (unpaired) electrons. The Morgan fingerprint density at radius 3 is 2.69 bits per heavy atom. The smallest absolute Gasteiger partial charge is 0.491 e. The van der Waals surface area contributed by atoms with Gasteiger partial charge in [-0.2, -0.15) is 4.98 Å². The van der Waals surface area contributed by atoms with Gasteiger partial charge >= 0.3 is 12.3 Å². The van der Waals surface area contributed by atoms with E-state index in [9.17, 15) is 23.1 Å². The second-order valence-corrected chi connectivity index (χ2v) is 8.94. The first kappa shape index (κ1) is 23.7. The van der Waals surface area contributed by atoms with Crippen LogP contribution in [0, 0.1) is 0 Å². The fourth-order valence-corrected chi connectivity index (χ4v) is 4.59. The zero-order valence-corrected chi connectivity index (χ0v) is 19.3. The molecule has 0 spiro atoms. The Morgan fingerprint density at radius 2 is 1.97 bits per heavy atom. The maximum absolute atomic E-state index is 12.8. The normalized spacial score (nSPS) is 15.4. The van der Waals surface area contributed by atoms with Crippen LogP contribution in [0.5, 0.6) is 11.5 Å². The molecular weight excluding hydrogens is 479 g/mol. The number of aliphatic carboxylic acids is 1. The van der Waals surface area contributed by atoms with Crippen molar-refractivity contribution in [2.24, 2.45) is 0 Å². The Kier molecular flexibility index (Phi) is 5.85. The van der Waals surface area contributed by atoms with Crippen molar-refractivity contribution in [1.82, 2.24) is 15.1 Å². The van der Waals surface area contributed by atoms with Crippen molar-refractivity contribution in [2.45, 2.75) is 51.5 Å². The van der Waals surface area contributed by atoms with Gasteiger partial charge in [0, 0.05) is 39.7 Å². The number of benzene rings is 2. The average molecular weight is 501 g/mol. The van der Waals surface area contributed by atoms with Crippen LogP contribution in [0.25, 0.3) is 33.7 Å². The number of aromatic amines is 1. The summed E-state index contributed by atoms with van der Waals surface area (Å²) in [6.45, 7) is 3.50. The molecule has 0 saturated heterocycles. The summed E-state index contributed by atoms with van der Waals surface area (Å²) >= 11 is 0. The second-order valence-electron chi connectivity index (χ2n) is 8.94. The summed E-state index contributed by atoms with van der Waals surface area (Å²) < 4.78 is 53.5. The Hall–Kier alpha value is -4.02. The quantitative estimate of drug-likeness (QED) is 0.316. The molecule has 1 aliphatic carbocycles. The van der Waals surface area contributed by atoms with Crippen molar-refractivity contribution in [1.29, 1.82) is 0 Å². The number of alkyl halides is 3. The summed E-state index contributed by atoms with van der Waals surface area (Å²) in [7, 11) is 0. The van der Waals surface area contributed by atoms with Gasteiger partial charge in [-0.1, -0.05) is 5.16 Å². The van der Waals surface area contributed by atoms with Crippen LogP contribution in [0.3, 0.4) is 0 Å². The van der Waals surface area contributed by atoms with E-state index in [4.69, 9.17) is 9.26 Å². The highest BCUT2D eigenvalue weighted by Gasteiger charge is 2.32. The minimum absolute atomic E-state index is 0.00662. The van der Waals surface area contributed by atoms with E-state index in [1.807, 2.05) is 12.1 Å². The molecule has 5 rings (SSSR count). The number of fused-ring (bicyclic) bond motifs is 3. The van der Waals surface area contributed by atoms with Crippen molar-refractivity contribution in [3.63, 3.8) is 0 Å². The zero-order valence-electron chi connectivity index (χ0n) is 19.3. The predicted molar refractivity (Wildman–Crippen MR) is 123 cm³/mol. The van der Waals surface area contributed by atoms with E-state index >= 15 is 0 Å². The molecule has 0 aliphatic heterocycles. The Morgan fingerprint density at radius 1 is 1.19 bits per heavy atom. The number of H-pyrrole nitrogens is 1. The van der Waals surface area contributed by atoms with E-state index in [0.717, 1.165) is 47.1 Å². The molecular formula is C25H22F3N3O5. The van der Waals surface area contributed by atoms with E-state index in [0.29, 0.717) is 5.56 Å². The highest BCUT2D eigenvalue weighted by molar-refractivity contribution is 5.89. The summed E-state index contributed by atoms with van der Waals surface area (Å²) in [5.74, 6) is -0.920. The number of aromatic nitrogens is 3. The number of hydrogen-bond donors (Lipinski definition) is 2. The topological polar surface area (TPSA) is 110 Å². The number of carboxylic acid groups (broad SMARTS) is 1. The van der Waals surface area contributed by atoms with Gasteiger partial charge < -0.3 is 24.1 Å². The lowest BCUT2D eigenvalue weighted by Gasteiger charge is -2.14. The molecule has 4 aromatic rings. The lowest BCUT2D eigenvalue weighted by atomic mass is 10.0. The van der Waals surface area contributed by atoms with Gasteiger partial charge in [-0.25, -0.2) is 0 Å². The van der Waals surface area contributed by atoms with Crippen molar-refractivity contribution >= 4 is 16.9 Å². The van der Waals surface area contributed by atoms with Gasteiger partial charge in [0.2, 0.25) is 5.82 Å². The molecule has 8 nitrogen and oxygen atoms in total. The molecule has 2 N–H and O–H groups in total. The molecule has 1 atom stereocenters. The second kappa shape index (κ2) is 8.89. The lowest BCUT2D eigenvalue weighted by molar-refractivity contribution is -0.274. The van der Waals surface area contributed by atoms with E-state index in [1.165, 1.54) is 6.07 Å². The molecule has 0 amide bonds. The highest BCUT2D eigenvalue weighted by Crippen LogP contribution is 2.40. The third-order valence-electron chi connectivity index (χ3n) is 5.93. The molecule has 1 aliphatic rings. The number of halogens is 3. The minimum Gasteiger partial charge on any atom is -0.491 e. The molecule has 0 bridgehead atoms. The van der Waals surface area contributed by atoms with Gasteiger partial charge in [-0.15, -0.1) is 13.2 Å². The lowest BCUT2D eigenvalue weighted by Crippen LogP contribution is -2.17. The first-order valence-corrected chi connectivity index (χ1v) is 11.3. The van der Waals surface area contributed by atoms with Crippen LogP contribution in [0.4, 0.5) is 13.2 Å². The number of rotatable bonds is 7. The van der Waals surface area contributed by atoms with Gasteiger partial charge in [0.25, 0.3) is 5.89 Å². The number of nitrogens with one attached hydrogen (secondary N) is 1. The van der Waals surface area contributed by atoms with Crippen LogP contribution in [-0.2, 0) is 11.2 Å². The largest absolute Gasteiger partial charge is 0.573 e. The van der Waals surface area contributed by atoms with Crippen LogP contribution in [-0.4, -0.2) is 38.7 Å². The van der Waals surface area contributed by atoms with Crippen molar-refractivity contribution < 1.29 is 37.1 Å². The van der Waals surface area contributed by atoms with Gasteiger partial charge in [0.05, 0.1) is 12.5 Å². The summed E-state index contributed by atoms with van der Waals surface area (Å²) in [6.07, 6.45) is -3.55. The average Bonchev–Trinajstić information content (AvgIpc) is 3.47. The SMILES string of the molecule is CC(C)Oc1cc(OC(F)(F)F)cc(-c2nc(-c3ccc4[nH]c5c(c4c3)CCC5CC(=O)O)no2)c1. The minimum atomic E-state index is -4.87. The monoisotopic (exact) mass is 501 g/mol. The molecule has 2 aromatic heterocycles. The van der Waals surface area contributed by atoms with Crippen LogP contribution >= 0.6 is 0 Å². The van der Waals surface area contributed by atoms with E-state index < -0.39 is 18.1 Å². The third-order valence-corrected chi connectivity index (χ3v) is 5.93. The van der Waals surface area contributed by atoms with Gasteiger partial charge in [-0.3, -0.25) is 4.79 Å². The molecule has 1 unspecified atom stereocenters. The summed E-state index contributed by atoms with van der Waals surface area (Å²) in [4.78, 5) is 18.9. The van der Waals surface area contributed by atoms with Crippen LogP contribution in [0.2, 0.25) is 0 Å². The maximum Gasteiger partial charge on any atom is 0.573 e. The molecule has 2 heterocycles. The van der Waals surface area contributed by atoms with E-state index in [1.54, 1.807) is 19.9 Å². The number of carboxylic acids is 1. The van der Waals surface area contributed by atoms with E-state index in [2.05, 4.69) is 19.9 Å². The molecule has 2 aromatic carbocycles. The predicted octanol–water partition coefficient (Wildman–Crippen LogP) is 6.08. The van der Waals surface area contributed by atoms with Crippen LogP contribution < -0.4 is 9.47 Å². The van der Waals surface area contributed by atoms with Crippen molar-refractivity contribution in [3.05, 3.63) is 47.7 Å². The Balaban J connectivity index is 1.48. The van der Waals surface area contributed by atoms with Crippen molar-refractivity contribution in [2.75, 3.05) is 0 Å². The summed E-state index contributed by atoms with van der Waals surface area (Å²) in [6, 6.07) is 9.37. The van der Waals surface area contributed by atoms with Crippen LogP contribution in [0.1, 0.15) is 43.9 Å². The molecule has 36 heavy (non-hydrogen) atoms. The van der Waals surface area contributed by atoms with Gasteiger partial charge in [0.1, 0.15) is 11.5 Å². The Labute approximate surface area is 203 Å². The molecule has 188 valence electrons. The maximum atomic E-state index is 12.8. The summed E-state index contributed by atoms with van der Waals surface area (Å²) in [5.41, 5.74) is 3.77. The highest BCUT2D eigenvalue weighted by atomic mass is 19.4. The Bertz CT molecular complexity index is 1440. The number of carbonyl (C=O) groups is 1. The molecule has 0 saturated carbocycles. The van der Waals surface area contributed by atoms with Gasteiger partial charge in [0.15, 0.2) is 0 Å². The van der Waals surface area contributed by atoms with E-state index in [-0.39, 0.29) is 41.5 Å². The molecule has 0 fully saturated rings. The zero-order chi connectivity index (χ0) is 25.6. The van der Waals surface area contributed by atoms with Gasteiger partial charge in [-0.05, 0) is 62.6 Å². The fourth-order valence-electron chi connectivity index (χ4n) is 4.59. The van der Waals surface area contributed by atoms with Crippen molar-refractivity contribution in [3.8, 4) is 34.3 Å². The molecule has 11 heteroatoms. The summed E-state index contributed by atoms with van der Waals surface area (Å²) in [5, 5.41) is 14.2. The number of aryl methyl sites for hydroxylation is 1. The standard InChI is InChI=1S/C25H22F3N3O5/c1-12(2)34-16-7-15(8-17(11-16)35-25(26,27)28)24-30-23(31-36-24)14-4-6-20-19(9-14)18-5-3-13(10-21(32)33)22(18)29-20/h4,6-9,11-13,29H,3,5,10H2,1-2H3,(H,32,33). The number of hydrogen-bond acceptors (Lipinski definition) is 6. The first-order valence-electron chi connectivity index (χ1n) is 11.3. The number of ether oxygens (including phenoxy) is 2.